The van der Waals surface area contributed by atoms with E-state index < -0.39 is 0 Å². The van der Waals surface area contributed by atoms with Crippen molar-refractivity contribution in [2.75, 3.05) is 12.3 Å². The van der Waals surface area contributed by atoms with Crippen molar-refractivity contribution in [1.82, 2.24) is 5.32 Å². The third-order valence-electron chi connectivity index (χ3n) is 2.58. The molecule has 1 aromatic carbocycles. The molecule has 1 atom stereocenters. The molecule has 0 saturated carbocycles. The molecule has 0 aliphatic carbocycles. The molecule has 0 saturated heterocycles. The average molecular weight is 257 g/mol. The summed E-state index contributed by atoms with van der Waals surface area (Å²) >= 11 is 5.81. The zero-order valence-corrected chi connectivity index (χ0v) is 10.7. The lowest BCUT2D eigenvalue weighted by Gasteiger charge is -2.20. The molecule has 17 heavy (non-hydrogen) atoms. The normalized spacial score (nSPS) is 12.5. The predicted octanol–water partition coefficient (Wildman–Crippen LogP) is 1.67. The lowest BCUT2D eigenvalue weighted by atomic mass is 10.0. The van der Waals surface area contributed by atoms with Crippen LogP contribution in [0, 0.1) is 5.92 Å². The van der Waals surface area contributed by atoms with E-state index in [1.807, 2.05) is 13.8 Å². The largest absolute Gasteiger partial charge is 0.398 e. The number of amides is 1. The van der Waals surface area contributed by atoms with Gasteiger partial charge in [-0.3, -0.25) is 4.79 Å². The van der Waals surface area contributed by atoms with Crippen LogP contribution in [0.5, 0.6) is 0 Å². The molecule has 1 rings (SSSR count). The molecule has 0 spiro atoms. The molecular formula is C12H17ClN2O2. The Morgan fingerprint density at radius 1 is 1.53 bits per heavy atom. The van der Waals surface area contributed by atoms with Crippen LogP contribution in [-0.4, -0.2) is 23.7 Å². The highest BCUT2D eigenvalue weighted by molar-refractivity contribution is 6.31. The summed E-state index contributed by atoms with van der Waals surface area (Å²) in [5.74, 6) is -0.179. The van der Waals surface area contributed by atoms with Crippen LogP contribution in [0.4, 0.5) is 5.69 Å². The van der Waals surface area contributed by atoms with Gasteiger partial charge in [-0.1, -0.05) is 25.4 Å². The number of nitrogens with two attached hydrogens (primary N) is 1. The average Bonchev–Trinajstić information content (AvgIpc) is 2.28. The van der Waals surface area contributed by atoms with Gasteiger partial charge >= 0.3 is 0 Å². The van der Waals surface area contributed by atoms with Crippen molar-refractivity contribution in [3.05, 3.63) is 28.8 Å². The highest BCUT2D eigenvalue weighted by atomic mass is 35.5. The van der Waals surface area contributed by atoms with Gasteiger partial charge in [-0.05, 0) is 24.1 Å². The maximum absolute atomic E-state index is 11.9. The van der Waals surface area contributed by atoms with E-state index in [9.17, 15) is 4.79 Å². The second kappa shape index (κ2) is 5.89. The van der Waals surface area contributed by atoms with Crippen LogP contribution in [0.3, 0.4) is 0 Å². The summed E-state index contributed by atoms with van der Waals surface area (Å²) in [4.78, 5) is 11.9. The maximum atomic E-state index is 11.9. The third kappa shape index (κ3) is 3.61. The highest BCUT2D eigenvalue weighted by Gasteiger charge is 2.17. The summed E-state index contributed by atoms with van der Waals surface area (Å²) < 4.78 is 0. The van der Waals surface area contributed by atoms with Crippen molar-refractivity contribution >= 4 is 23.2 Å². The van der Waals surface area contributed by atoms with E-state index in [0.717, 1.165) is 0 Å². The number of carbonyl (C=O) groups excluding carboxylic acids is 1. The molecule has 4 N–H and O–H groups in total. The second-order valence-corrected chi connectivity index (χ2v) is 4.67. The van der Waals surface area contributed by atoms with E-state index in [4.69, 9.17) is 22.4 Å². The van der Waals surface area contributed by atoms with E-state index in [1.54, 1.807) is 12.1 Å². The Balaban J connectivity index is 2.86. The maximum Gasteiger partial charge on any atom is 0.253 e. The van der Waals surface area contributed by atoms with Crippen LogP contribution in [0.25, 0.3) is 0 Å². The summed E-state index contributed by atoms with van der Waals surface area (Å²) in [6.07, 6.45) is 0. The molecule has 5 heteroatoms. The van der Waals surface area contributed by atoms with Crippen molar-refractivity contribution in [1.29, 1.82) is 0 Å². The minimum Gasteiger partial charge on any atom is -0.398 e. The first-order valence-corrected chi connectivity index (χ1v) is 5.80. The number of nitrogens with one attached hydrogen (secondary N) is 1. The number of nitrogen functional groups attached to an aromatic ring is 1. The Morgan fingerprint density at radius 3 is 2.71 bits per heavy atom. The molecule has 4 nitrogen and oxygen atoms in total. The number of halogens is 1. The number of rotatable bonds is 4. The molecule has 0 aromatic heterocycles. The van der Waals surface area contributed by atoms with Crippen LogP contribution in [-0.2, 0) is 0 Å². The number of aliphatic hydroxyl groups excluding tert-OH is 1. The van der Waals surface area contributed by atoms with Crippen molar-refractivity contribution in [2.45, 2.75) is 19.9 Å². The summed E-state index contributed by atoms with van der Waals surface area (Å²) in [6.45, 7) is 3.73. The topological polar surface area (TPSA) is 75.3 Å². The minimum atomic E-state index is -0.322. The molecule has 1 aromatic rings. The highest BCUT2D eigenvalue weighted by Crippen LogP contribution is 2.18. The number of hydrogen-bond donors (Lipinski definition) is 3. The summed E-state index contributed by atoms with van der Waals surface area (Å²) in [5.41, 5.74) is 6.40. The Labute approximate surface area is 106 Å². The van der Waals surface area contributed by atoms with Crippen molar-refractivity contribution in [3.63, 3.8) is 0 Å². The first-order chi connectivity index (χ1) is 7.95. The zero-order chi connectivity index (χ0) is 13.0. The molecule has 0 unspecified atom stereocenters. The summed E-state index contributed by atoms with van der Waals surface area (Å²) in [5, 5.41) is 12.3. The molecule has 0 aliphatic rings. The standard InChI is InChI=1S/C12H17ClN2O2/c1-7(2)11(6-16)15-12(17)9-5-8(13)3-4-10(9)14/h3-5,7,11,16H,6,14H2,1-2H3,(H,15,17)/t11-/m1/s1. The van der Waals surface area contributed by atoms with Gasteiger partial charge in [-0.15, -0.1) is 0 Å². The van der Waals surface area contributed by atoms with E-state index in [-0.39, 0.29) is 24.5 Å². The predicted molar refractivity (Wildman–Crippen MR) is 69.0 cm³/mol. The number of carbonyl (C=O) groups is 1. The lowest BCUT2D eigenvalue weighted by molar-refractivity contribution is 0.0898. The quantitative estimate of drug-likeness (QED) is 0.718. The van der Waals surface area contributed by atoms with Gasteiger partial charge < -0.3 is 16.2 Å². The van der Waals surface area contributed by atoms with E-state index in [2.05, 4.69) is 5.32 Å². The SMILES string of the molecule is CC(C)[C@@H](CO)NC(=O)c1cc(Cl)ccc1N. The van der Waals surface area contributed by atoms with Gasteiger partial charge in [0.25, 0.3) is 5.91 Å². The Hall–Kier alpha value is -1.26. The Morgan fingerprint density at radius 2 is 2.18 bits per heavy atom. The summed E-state index contributed by atoms with van der Waals surface area (Å²) in [7, 11) is 0. The van der Waals surface area contributed by atoms with E-state index in [0.29, 0.717) is 16.3 Å². The molecule has 1 amide bonds. The second-order valence-electron chi connectivity index (χ2n) is 4.24. The fourth-order valence-electron chi connectivity index (χ4n) is 1.39. The van der Waals surface area contributed by atoms with Crippen LogP contribution < -0.4 is 11.1 Å². The number of hydrogen-bond acceptors (Lipinski definition) is 3. The smallest absolute Gasteiger partial charge is 0.253 e. The third-order valence-corrected chi connectivity index (χ3v) is 2.81. The van der Waals surface area contributed by atoms with Crippen molar-refractivity contribution in [2.24, 2.45) is 5.92 Å². The van der Waals surface area contributed by atoms with Crippen LogP contribution in [0.2, 0.25) is 5.02 Å². The monoisotopic (exact) mass is 256 g/mol. The van der Waals surface area contributed by atoms with Crippen LogP contribution in [0.15, 0.2) is 18.2 Å². The molecule has 0 heterocycles. The van der Waals surface area contributed by atoms with E-state index >= 15 is 0 Å². The Kier molecular flexibility index (Phi) is 4.78. The van der Waals surface area contributed by atoms with Crippen molar-refractivity contribution < 1.29 is 9.90 Å². The molecular weight excluding hydrogens is 240 g/mol. The zero-order valence-electron chi connectivity index (χ0n) is 9.90. The van der Waals surface area contributed by atoms with Gasteiger partial charge in [-0.2, -0.15) is 0 Å². The van der Waals surface area contributed by atoms with Gasteiger partial charge in [0, 0.05) is 10.7 Å². The number of aliphatic hydroxyl groups is 1. The Bertz CT molecular complexity index is 407. The first-order valence-electron chi connectivity index (χ1n) is 5.42. The summed E-state index contributed by atoms with van der Waals surface area (Å²) in [6, 6.07) is 4.43. The van der Waals surface area contributed by atoms with Crippen LogP contribution >= 0.6 is 11.6 Å². The van der Waals surface area contributed by atoms with Gasteiger partial charge in [0.1, 0.15) is 0 Å². The molecule has 0 aliphatic heterocycles. The van der Waals surface area contributed by atoms with E-state index in [1.165, 1.54) is 6.07 Å². The molecule has 0 fully saturated rings. The number of benzene rings is 1. The van der Waals surface area contributed by atoms with Crippen molar-refractivity contribution in [3.8, 4) is 0 Å². The van der Waals surface area contributed by atoms with Gasteiger partial charge in [0.2, 0.25) is 0 Å². The number of anilines is 1. The molecule has 94 valence electrons. The molecule has 0 bridgehead atoms. The lowest BCUT2D eigenvalue weighted by Crippen LogP contribution is -2.41. The van der Waals surface area contributed by atoms with Crippen LogP contribution in [0.1, 0.15) is 24.2 Å². The van der Waals surface area contributed by atoms with Gasteiger partial charge in [0.05, 0.1) is 18.2 Å². The van der Waals surface area contributed by atoms with Gasteiger partial charge in [0.15, 0.2) is 0 Å². The fraction of sp³-hybridized carbons (Fsp3) is 0.417. The molecule has 0 radical (unpaired) electrons. The minimum absolute atomic E-state index is 0.107. The fourth-order valence-corrected chi connectivity index (χ4v) is 1.57. The first kappa shape index (κ1) is 13.8. The van der Waals surface area contributed by atoms with Gasteiger partial charge in [-0.25, -0.2) is 0 Å².